The van der Waals surface area contributed by atoms with Gasteiger partial charge in [0, 0.05) is 23.6 Å². The average molecular weight is 283 g/mol. The quantitative estimate of drug-likeness (QED) is 0.849. The van der Waals surface area contributed by atoms with Crippen LogP contribution < -0.4 is 9.47 Å². The third-order valence-corrected chi connectivity index (χ3v) is 3.28. The number of hydrogen-bond acceptors (Lipinski definition) is 4. The summed E-state index contributed by atoms with van der Waals surface area (Å²) in [6.45, 7) is 1.14. The molecule has 21 heavy (non-hydrogen) atoms. The first-order valence-electron chi connectivity index (χ1n) is 6.95. The highest BCUT2D eigenvalue weighted by Gasteiger charge is 2.16. The van der Waals surface area contributed by atoms with Gasteiger partial charge in [0.2, 0.25) is 0 Å². The number of benzene rings is 2. The molecule has 0 saturated heterocycles. The Morgan fingerprint density at radius 1 is 1.05 bits per heavy atom. The summed E-state index contributed by atoms with van der Waals surface area (Å²) < 4.78 is 11.1. The smallest absolute Gasteiger partial charge is 0.132 e. The lowest BCUT2D eigenvalue weighted by Gasteiger charge is -2.13. The third kappa shape index (κ3) is 2.99. The van der Waals surface area contributed by atoms with Gasteiger partial charge in [-0.3, -0.25) is 0 Å². The summed E-state index contributed by atoms with van der Waals surface area (Å²) in [7, 11) is 1.65. The molecule has 2 aromatic rings. The Balaban J connectivity index is 2.10. The number of oxime groups is 1. The molecule has 1 aliphatic heterocycles. The van der Waals surface area contributed by atoms with Gasteiger partial charge in [0.15, 0.2) is 0 Å². The van der Waals surface area contributed by atoms with E-state index in [0.717, 1.165) is 34.8 Å². The van der Waals surface area contributed by atoms with Crippen molar-refractivity contribution in [1.82, 2.24) is 0 Å². The van der Waals surface area contributed by atoms with E-state index in [2.05, 4.69) is 5.16 Å². The van der Waals surface area contributed by atoms with Crippen LogP contribution in [0.4, 0.5) is 0 Å². The predicted molar refractivity (Wildman–Crippen MR) is 81.1 cm³/mol. The highest BCUT2D eigenvalue weighted by molar-refractivity contribution is 6.14. The van der Waals surface area contributed by atoms with Crippen LogP contribution in [-0.2, 0) is 4.84 Å². The zero-order chi connectivity index (χ0) is 14.5. The van der Waals surface area contributed by atoms with Crippen molar-refractivity contribution in [2.45, 2.75) is 6.42 Å². The summed E-state index contributed by atoms with van der Waals surface area (Å²) in [5, 5.41) is 4.31. The van der Waals surface area contributed by atoms with Gasteiger partial charge >= 0.3 is 0 Å². The second-order valence-electron chi connectivity index (χ2n) is 4.70. The van der Waals surface area contributed by atoms with Crippen LogP contribution in [0, 0.1) is 0 Å². The van der Waals surface area contributed by atoms with Crippen LogP contribution in [0.2, 0.25) is 0 Å². The zero-order valence-corrected chi connectivity index (χ0v) is 11.9. The molecule has 1 heterocycles. The molecule has 0 spiro atoms. The topological polar surface area (TPSA) is 40.0 Å². The van der Waals surface area contributed by atoms with E-state index >= 15 is 0 Å². The first-order valence-corrected chi connectivity index (χ1v) is 6.95. The molecule has 0 N–H and O–H groups in total. The Morgan fingerprint density at radius 3 is 2.71 bits per heavy atom. The van der Waals surface area contributed by atoms with E-state index < -0.39 is 0 Å². The number of ether oxygens (including phenoxy) is 2. The fourth-order valence-corrected chi connectivity index (χ4v) is 2.21. The fourth-order valence-electron chi connectivity index (χ4n) is 2.21. The molecular formula is C17H17NO3. The highest BCUT2D eigenvalue weighted by Crippen LogP contribution is 2.28. The van der Waals surface area contributed by atoms with Crippen molar-refractivity contribution in [3.63, 3.8) is 0 Å². The molecule has 4 heteroatoms. The van der Waals surface area contributed by atoms with E-state index in [1.54, 1.807) is 7.11 Å². The maximum atomic E-state index is 5.86. The molecule has 0 fully saturated rings. The van der Waals surface area contributed by atoms with Gasteiger partial charge in [-0.15, -0.1) is 0 Å². The van der Waals surface area contributed by atoms with Gasteiger partial charge < -0.3 is 14.3 Å². The fraction of sp³-hybridized carbons (Fsp3) is 0.235. The van der Waals surface area contributed by atoms with E-state index in [-0.39, 0.29) is 0 Å². The van der Waals surface area contributed by atoms with E-state index in [9.17, 15) is 0 Å². The summed E-state index contributed by atoms with van der Waals surface area (Å²) in [6.07, 6.45) is 0.794. The minimum Gasteiger partial charge on any atom is -0.497 e. The SMILES string of the molecule is COc1ccc2c(c1)OCCCO/N=C\2c1ccccc1. The summed E-state index contributed by atoms with van der Waals surface area (Å²) in [4.78, 5) is 5.41. The van der Waals surface area contributed by atoms with Crippen molar-refractivity contribution < 1.29 is 14.3 Å². The minimum atomic E-state index is 0.543. The molecule has 0 unspecified atom stereocenters. The lowest BCUT2D eigenvalue weighted by Crippen LogP contribution is -2.07. The maximum Gasteiger partial charge on any atom is 0.132 e. The van der Waals surface area contributed by atoms with Crippen molar-refractivity contribution >= 4 is 5.71 Å². The second-order valence-corrected chi connectivity index (χ2v) is 4.70. The molecule has 1 aliphatic rings. The predicted octanol–water partition coefficient (Wildman–Crippen LogP) is 3.25. The van der Waals surface area contributed by atoms with E-state index in [1.165, 1.54) is 0 Å². The molecule has 0 radical (unpaired) electrons. The van der Waals surface area contributed by atoms with Crippen molar-refractivity contribution in [3.8, 4) is 11.5 Å². The molecule has 0 atom stereocenters. The van der Waals surface area contributed by atoms with Gasteiger partial charge in [0.1, 0.15) is 23.8 Å². The lowest BCUT2D eigenvalue weighted by molar-refractivity contribution is 0.130. The zero-order valence-electron chi connectivity index (χ0n) is 11.9. The summed E-state index contributed by atoms with van der Waals surface area (Å²) in [5.41, 5.74) is 2.67. The van der Waals surface area contributed by atoms with Gasteiger partial charge in [-0.25, -0.2) is 0 Å². The number of nitrogens with zero attached hydrogens (tertiary/aromatic N) is 1. The van der Waals surface area contributed by atoms with Crippen molar-refractivity contribution in [1.29, 1.82) is 0 Å². The molecule has 0 bridgehead atoms. The van der Waals surface area contributed by atoms with Crippen LogP contribution >= 0.6 is 0 Å². The van der Waals surface area contributed by atoms with Crippen LogP contribution in [0.25, 0.3) is 0 Å². The first-order chi connectivity index (χ1) is 10.4. The standard InChI is InChI=1S/C17H17NO3/c1-19-14-8-9-15-16(12-14)20-10-5-11-21-18-17(15)13-6-3-2-4-7-13/h2-4,6-9,12H,5,10-11H2,1H3/b18-17-. The number of hydrogen-bond donors (Lipinski definition) is 0. The summed E-state index contributed by atoms with van der Waals surface area (Å²) >= 11 is 0. The average Bonchev–Trinajstić information content (AvgIpc) is 2.65. The van der Waals surface area contributed by atoms with E-state index in [4.69, 9.17) is 14.3 Å². The van der Waals surface area contributed by atoms with Crippen molar-refractivity contribution in [2.75, 3.05) is 20.3 Å². The molecule has 4 nitrogen and oxygen atoms in total. The molecule has 108 valence electrons. The molecule has 0 aromatic heterocycles. The highest BCUT2D eigenvalue weighted by atomic mass is 16.6. The van der Waals surface area contributed by atoms with Crippen molar-refractivity contribution in [2.24, 2.45) is 5.16 Å². The minimum absolute atomic E-state index is 0.543. The van der Waals surface area contributed by atoms with Crippen LogP contribution in [0.1, 0.15) is 17.5 Å². The molecule has 2 aromatic carbocycles. The Labute approximate surface area is 123 Å². The maximum absolute atomic E-state index is 5.86. The van der Waals surface area contributed by atoms with Gasteiger partial charge in [0.25, 0.3) is 0 Å². The van der Waals surface area contributed by atoms with Gasteiger partial charge in [-0.05, 0) is 12.1 Å². The molecule has 3 rings (SSSR count). The van der Waals surface area contributed by atoms with Crippen molar-refractivity contribution in [3.05, 3.63) is 59.7 Å². The molecule has 0 amide bonds. The lowest BCUT2D eigenvalue weighted by atomic mass is 10.0. The van der Waals surface area contributed by atoms with Crippen LogP contribution in [-0.4, -0.2) is 26.0 Å². The normalized spacial score (nSPS) is 16.9. The largest absolute Gasteiger partial charge is 0.497 e. The summed E-state index contributed by atoms with van der Waals surface area (Å²) in [5.74, 6) is 1.53. The van der Waals surface area contributed by atoms with Gasteiger partial charge in [-0.2, -0.15) is 0 Å². The third-order valence-electron chi connectivity index (χ3n) is 3.28. The van der Waals surface area contributed by atoms with Crippen LogP contribution in [0.5, 0.6) is 11.5 Å². The van der Waals surface area contributed by atoms with E-state index in [1.807, 2.05) is 48.5 Å². The Hall–Kier alpha value is -2.49. The second kappa shape index (κ2) is 6.31. The molecular weight excluding hydrogens is 266 g/mol. The Bertz CT molecular complexity index is 638. The molecule has 0 saturated carbocycles. The number of fused-ring (bicyclic) bond motifs is 1. The van der Waals surface area contributed by atoms with Crippen LogP contribution in [0.15, 0.2) is 53.7 Å². The number of methoxy groups -OCH3 is 1. The Kier molecular flexibility index (Phi) is 4.05. The Morgan fingerprint density at radius 2 is 1.90 bits per heavy atom. The first kappa shape index (κ1) is 13.5. The monoisotopic (exact) mass is 283 g/mol. The van der Waals surface area contributed by atoms with Crippen LogP contribution in [0.3, 0.4) is 0 Å². The molecule has 0 aliphatic carbocycles. The number of rotatable bonds is 2. The summed E-state index contributed by atoms with van der Waals surface area (Å²) in [6, 6.07) is 15.7. The van der Waals surface area contributed by atoms with E-state index in [0.29, 0.717) is 13.2 Å². The van der Waals surface area contributed by atoms with Gasteiger partial charge in [-0.1, -0.05) is 35.5 Å². The van der Waals surface area contributed by atoms with Gasteiger partial charge in [0.05, 0.1) is 13.7 Å².